The summed E-state index contributed by atoms with van der Waals surface area (Å²) in [6.45, 7) is 16.7. The van der Waals surface area contributed by atoms with Crippen LogP contribution in [0.4, 0.5) is 0 Å². The summed E-state index contributed by atoms with van der Waals surface area (Å²) < 4.78 is 18.6. The first kappa shape index (κ1) is 18.1. The summed E-state index contributed by atoms with van der Waals surface area (Å²) in [6, 6.07) is 0. The minimum absolute atomic E-state index is 0.0408. The fourth-order valence-corrected chi connectivity index (χ4v) is 2.73. The van der Waals surface area contributed by atoms with Crippen molar-refractivity contribution >= 4 is 24.2 Å². The second-order valence-corrected chi connectivity index (χ2v) is 12.6. The van der Waals surface area contributed by atoms with Crippen molar-refractivity contribution in [2.24, 2.45) is 0 Å². The molecule has 2 atom stereocenters. The van der Waals surface area contributed by atoms with Crippen LogP contribution >= 0.6 is 15.9 Å². The molecular weight excluding hydrogens is 336 g/mol. The first-order valence-electron chi connectivity index (χ1n) is 7.00. The first-order chi connectivity index (χ1) is 9.13. The molecule has 0 amide bonds. The molecule has 20 heavy (non-hydrogen) atoms. The quantitative estimate of drug-likeness (QED) is 0.521. The average molecular weight is 363 g/mol. The maximum Gasteiger partial charge on any atom is 0.192 e. The average Bonchev–Trinajstić information content (AvgIpc) is 2.33. The van der Waals surface area contributed by atoms with Crippen molar-refractivity contribution < 1.29 is 13.9 Å². The molecule has 0 aromatic heterocycles. The van der Waals surface area contributed by atoms with Crippen LogP contribution in [0.25, 0.3) is 0 Å². The lowest BCUT2D eigenvalue weighted by molar-refractivity contribution is -0.0654. The maximum atomic E-state index is 6.24. The lowest BCUT2D eigenvalue weighted by atomic mass is 10.1. The Hall–Kier alpha value is 0.0569. The molecule has 1 heterocycles. The highest BCUT2D eigenvalue weighted by atomic mass is 79.9. The molecule has 0 radical (unpaired) electrons. The van der Waals surface area contributed by atoms with Crippen LogP contribution in [0, 0.1) is 0 Å². The van der Waals surface area contributed by atoms with E-state index in [0.717, 1.165) is 4.48 Å². The van der Waals surface area contributed by atoms with Gasteiger partial charge in [-0.1, -0.05) is 55.4 Å². The van der Waals surface area contributed by atoms with Crippen LogP contribution in [0.1, 0.15) is 20.8 Å². The molecule has 5 heteroatoms. The van der Waals surface area contributed by atoms with Crippen molar-refractivity contribution in [3.8, 4) is 0 Å². The Bertz CT molecular complexity index is 361. The number of ether oxygens (including phenoxy) is 2. The van der Waals surface area contributed by atoms with E-state index >= 15 is 0 Å². The van der Waals surface area contributed by atoms with Gasteiger partial charge in [-0.05, 0) is 18.1 Å². The summed E-state index contributed by atoms with van der Waals surface area (Å²) in [7, 11) is -1.75. The Balaban J connectivity index is 2.56. The van der Waals surface area contributed by atoms with Gasteiger partial charge in [-0.25, -0.2) is 0 Å². The van der Waals surface area contributed by atoms with Crippen molar-refractivity contribution in [2.75, 3.05) is 19.8 Å². The van der Waals surface area contributed by atoms with Crippen LogP contribution in [0.15, 0.2) is 23.2 Å². The molecule has 0 bridgehead atoms. The molecule has 0 spiro atoms. The molecule has 1 rings (SSSR count). The Morgan fingerprint density at radius 2 is 2.10 bits per heavy atom. The minimum Gasteiger partial charge on any atom is -0.414 e. The predicted octanol–water partition coefficient (Wildman–Crippen LogP) is 4.26. The summed E-state index contributed by atoms with van der Waals surface area (Å²) in [5.41, 5.74) is 0. The highest BCUT2D eigenvalue weighted by Gasteiger charge is 2.38. The summed E-state index contributed by atoms with van der Waals surface area (Å²) >= 11 is 3.31. The van der Waals surface area contributed by atoms with Gasteiger partial charge in [0.05, 0.1) is 19.8 Å². The van der Waals surface area contributed by atoms with Gasteiger partial charge in [0.25, 0.3) is 0 Å². The second-order valence-electron chi connectivity index (χ2n) is 6.66. The topological polar surface area (TPSA) is 27.7 Å². The van der Waals surface area contributed by atoms with Gasteiger partial charge in [0, 0.05) is 4.48 Å². The third kappa shape index (κ3) is 5.45. The van der Waals surface area contributed by atoms with Crippen molar-refractivity contribution in [3.05, 3.63) is 23.2 Å². The van der Waals surface area contributed by atoms with Gasteiger partial charge in [-0.3, -0.25) is 0 Å². The Labute approximate surface area is 132 Å². The number of hydrogen-bond acceptors (Lipinski definition) is 3. The maximum absolute atomic E-state index is 6.24. The van der Waals surface area contributed by atoms with Crippen molar-refractivity contribution in [1.82, 2.24) is 0 Å². The van der Waals surface area contributed by atoms with Crippen LogP contribution in [-0.2, 0) is 13.9 Å². The lowest BCUT2D eigenvalue weighted by Gasteiger charge is -2.38. The molecule has 0 saturated carbocycles. The van der Waals surface area contributed by atoms with E-state index in [0.29, 0.717) is 19.8 Å². The van der Waals surface area contributed by atoms with Crippen LogP contribution in [0.2, 0.25) is 18.1 Å². The van der Waals surface area contributed by atoms with E-state index in [2.05, 4.69) is 62.5 Å². The fraction of sp³-hybridized carbons (Fsp3) is 0.733. The van der Waals surface area contributed by atoms with Gasteiger partial charge < -0.3 is 13.9 Å². The van der Waals surface area contributed by atoms with E-state index < -0.39 is 8.32 Å². The van der Waals surface area contributed by atoms with Crippen LogP contribution in [0.3, 0.4) is 0 Å². The highest BCUT2D eigenvalue weighted by molar-refractivity contribution is 9.11. The van der Waals surface area contributed by atoms with E-state index in [-0.39, 0.29) is 17.2 Å². The number of halogens is 1. The molecular formula is C15H27BrO3Si. The zero-order valence-electron chi connectivity index (χ0n) is 13.2. The SMILES string of the molecule is C=C(Br)CO[C@H]1C=CCO[C@@H]1CO[Si](C)(C)C(C)(C)C. The van der Waals surface area contributed by atoms with Gasteiger partial charge in [0.2, 0.25) is 0 Å². The molecule has 0 fully saturated rings. The van der Waals surface area contributed by atoms with E-state index in [9.17, 15) is 0 Å². The molecule has 0 aromatic rings. The van der Waals surface area contributed by atoms with E-state index in [4.69, 9.17) is 13.9 Å². The standard InChI is InChI=1S/C15H27BrO3Si/c1-12(16)10-18-13-8-7-9-17-14(13)11-19-20(5,6)15(2,3)4/h7-8,13-14H,1,9-11H2,2-6H3/t13-,14+/m0/s1. The Morgan fingerprint density at radius 3 is 2.65 bits per heavy atom. The number of hydrogen-bond donors (Lipinski definition) is 0. The number of rotatable bonds is 6. The van der Waals surface area contributed by atoms with E-state index in [1.165, 1.54) is 0 Å². The third-order valence-electron chi connectivity index (χ3n) is 3.95. The highest BCUT2D eigenvalue weighted by Crippen LogP contribution is 2.36. The van der Waals surface area contributed by atoms with Crippen LogP contribution in [-0.4, -0.2) is 40.3 Å². The monoisotopic (exact) mass is 362 g/mol. The van der Waals surface area contributed by atoms with Crippen molar-refractivity contribution in [2.45, 2.75) is 51.1 Å². The van der Waals surface area contributed by atoms with Gasteiger partial charge in [0.15, 0.2) is 8.32 Å². The smallest absolute Gasteiger partial charge is 0.192 e. The zero-order valence-corrected chi connectivity index (χ0v) is 15.8. The lowest BCUT2D eigenvalue weighted by Crippen LogP contribution is -2.46. The van der Waals surface area contributed by atoms with Gasteiger partial charge in [-0.2, -0.15) is 0 Å². The normalized spacial score (nSPS) is 23.9. The molecule has 1 aliphatic heterocycles. The third-order valence-corrected chi connectivity index (χ3v) is 8.68. The van der Waals surface area contributed by atoms with Crippen molar-refractivity contribution in [1.29, 1.82) is 0 Å². The van der Waals surface area contributed by atoms with E-state index in [1.807, 2.05) is 6.08 Å². The predicted molar refractivity (Wildman–Crippen MR) is 89.8 cm³/mol. The summed E-state index contributed by atoms with van der Waals surface area (Å²) in [6.07, 6.45) is 3.94. The molecule has 116 valence electrons. The molecule has 0 aliphatic carbocycles. The molecule has 3 nitrogen and oxygen atoms in total. The minimum atomic E-state index is -1.75. The summed E-state index contributed by atoms with van der Waals surface area (Å²) in [5, 5.41) is 0.206. The Kier molecular flexibility index (Phi) is 6.66. The van der Waals surface area contributed by atoms with Crippen LogP contribution in [0.5, 0.6) is 0 Å². The Morgan fingerprint density at radius 1 is 1.45 bits per heavy atom. The zero-order chi connectivity index (χ0) is 15.4. The molecule has 0 unspecified atom stereocenters. The largest absolute Gasteiger partial charge is 0.414 e. The second kappa shape index (κ2) is 7.36. The fourth-order valence-electron chi connectivity index (χ4n) is 1.59. The van der Waals surface area contributed by atoms with Gasteiger partial charge in [-0.15, -0.1) is 0 Å². The molecule has 0 saturated heterocycles. The molecule has 1 aliphatic rings. The van der Waals surface area contributed by atoms with Gasteiger partial charge in [0.1, 0.15) is 12.2 Å². The van der Waals surface area contributed by atoms with Gasteiger partial charge >= 0.3 is 0 Å². The molecule has 0 N–H and O–H groups in total. The van der Waals surface area contributed by atoms with E-state index in [1.54, 1.807) is 0 Å². The van der Waals surface area contributed by atoms with Crippen LogP contribution < -0.4 is 0 Å². The summed E-state index contributed by atoms with van der Waals surface area (Å²) in [5.74, 6) is 0. The summed E-state index contributed by atoms with van der Waals surface area (Å²) in [4.78, 5) is 0. The first-order valence-corrected chi connectivity index (χ1v) is 10.7. The van der Waals surface area contributed by atoms with Crippen molar-refractivity contribution in [3.63, 3.8) is 0 Å². The molecule has 0 aromatic carbocycles.